The molecule has 0 aliphatic carbocycles. The first-order valence-electron chi connectivity index (χ1n) is 10.8. The van der Waals surface area contributed by atoms with Gasteiger partial charge in [0.15, 0.2) is 15.0 Å². The number of aromatic nitrogens is 5. The van der Waals surface area contributed by atoms with Gasteiger partial charge in [0.1, 0.15) is 16.5 Å². The van der Waals surface area contributed by atoms with Crippen molar-refractivity contribution in [3.63, 3.8) is 0 Å². The van der Waals surface area contributed by atoms with Crippen LogP contribution in [0.15, 0.2) is 47.8 Å². The number of hydrogen-bond donors (Lipinski definition) is 5. The number of sulfone groups is 1. The summed E-state index contributed by atoms with van der Waals surface area (Å²) in [6.07, 6.45) is 5.24. The van der Waals surface area contributed by atoms with Gasteiger partial charge in [-0.1, -0.05) is 23.5 Å². The van der Waals surface area contributed by atoms with E-state index in [1.165, 1.54) is 6.26 Å². The number of aromatic carboxylic acids is 1. The lowest BCUT2D eigenvalue weighted by Gasteiger charge is -2.12. The van der Waals surface area contributed by atoms with Crippen molar-refractivity contribution in [3.8, 4) is 0 Å². The fourth-order valence-corrected chi connectivity index (χ4v) is 4.65. The molecule has 3 heterocycles. The number of carboxylic acids is 1. The molecule has 0 atom stereocenters. The molecule has 14 heteroatoms. The van der Waals surface area contributed by atoms with Gasteiger partial charge >= 0.3 is 5.97 Å². The van der Waals surface area contributed by atoms with Crippen molar-refractivity contribution in [1.82, 2.24) is 24.9 Å². The van der Waals surface area contributed by atoms with E-state index in [-0.39, 0.29) is 15.7 Å². The Morgan fingerprint density at radius 3 is 2.44 bits per heavy atom. The standard InChI is InChI=1S/C22H24N8O4S2/c1-13-19(20(31)32)35-22(27-13)30-21-28-17(24-8-7-15-11-23-12-26-15)9-18(29-21)25-10-14-3-5-16(6-4-14)36(2,33)34/h3-6,9,11-12H,7-8,10H2,1-2H3,(H,23,26)(H,31,32)(H3,24,25,27,28,29,30). The second kappa shape index (κ2) is 10.7. The van der Waals surface area contributed by atoms with E-state index in [9.17, 15) is 18.3 Å². The number of nitrogens with one attached hydrogen (secondary N) is 4. The highest BCUT2D eigenvalue weighted by molar-refractivity contribution is 7.90. The number of nitrogens with zero attached hydrogens (tertiary/aromatic N) is 4. The fraction of sp³-hybridized carbons (Fsp3) is 0.227. The molecular formula is C22H24N8O4S2. The molecule has 0 amide bonds. The Labute approximate surface area is 211 Å². The number of carboxylic acid groups (broad SMARTS) is 1. The van der Waals surface area contributed by atoms with Gasteiger partial charge in [0.05, 0.1) is 16.9 Å². The summed E-state index contributed by atoms with van der Waals surface area (Å²) in [6, 6.07) is 8.34. The van der Waals surface area contributed by atoms with Gasteiger partial charge < -0.3 is 20.7 Å². The maximum atomic E-state index is 11.7. The minimum atomic E-state index is -3.27. The van der Waals surface area contributed by atoms with Crippen LogP contribution in [-0.2, 0) is 22.8 Å². The molecular weight excluding hydrogens is 504 g/mol. The van der Waals surface area contributed by atoms with E-state index in [4.69, 9.17) is 0 Å². The van der Waals surface area contributed by atoms with E-state index in [2.05, 4.69) is 40.9 Å². The molecule has 12 nitrogen and oxygen atoms in total. The number of carbonyl (C=O) groups is 1. The van der Waals surface area contributed by atoms with E-state index in [1.54, 1.807) is 49.8 Å². The number of benzene rings is 1. The number of H-pyrrole nitrogens is 1. The van der Waals surface area contributed by atoms with Crippen LogP contribution < -0.4 is 16.0 Å². The third-order valence-corrected chi connectivity index (χ3v) is 7.21. The van der Waals surface area contributed by atoms with Gasteiger partial charge in [-0.15, -0.1) is 0 Å². The molecule has 0 aliphatic heterocycles. The smallest absolute Gasteiger partial charge is 0.347 e. The third kappa shape index (κ3) is 6.55. The zero-order valence-corrected chi connectivity index (χ0v) is 21.1. The second-order valence-corrected chi connectivity index (χ2v) is 10.9. The SMILES string of the molecule is Cc1nc(Nc2nc(NCCc3cnc[nH]3)cc(NCc3ccc(S(C)(=O)=O)cc3)n2)sc1C(=O)O. The average molecular weight is 529 g/mol. The zero-order chi connectivity index (χ0) is 25.7. The Hall–Kier alpha value is -4.04. The molecule has 1 aromatic carbocycles. The van der Waals surface area contributed by atoms with E-state index in [0.717, 1.165) is 22.6 Å². The number of aryl methyl sites for hydroxylation is 1. The monoisotopic (exact) mass is 528 g/mol. The van der Waals surface area contributed by atoms with Crippen molar-refractivity contribution in [2.75, 3.05) is 28.8 Å². The molecule has 0 saturated carbocycles. The maximum Gasteiger partial charge on any atom is 0.347 e. The maximum absolute atomic E-state index is 11.7. The first-order valence-corrected chi connectivity index (χ1v) is 13.5. The molecule has 5 N–H and O–H groups in total. The Bertz CT molecular complexity index is 1450. The quantitative estimate of drug-likeness (QED) is 0.193. The van der Waals surface area contributed by atoms with Crippen LogP contribution in [0.25, 0.3) is 0 Å². The second-order valence-electron chi connectivity index (χ2n) is 7.85. The van der Waals surface area contributed by atoms with Crippen LogP contribution >= 0.6 is 11.3 Å². The first-order chi connectivity index (χ1) is 17.2. The lowest BCUT2D eigenvalue weighted by molar-refractivity contribution is 0.0701. The summed E-state index contributed by atoms with van der Waals surface area (Å²) in [7, 11) is -3.27. The van der Waals surface area contributed by atoms with Gasteiger partial charge in [-0.05, 0) is 24.6 Å². The van der Waals surface area contributed by atoms with Gasteiger partial charge in [-0.3, -0.25) is 5.32 Å². The molecule has 0 saturated heterocycles. The van der Waals surface area contributed by atoms with Crippen molar-refractivity contribution in [2.24, 2.45) is 0 Å². The average Bonchev–Trinajstić information content (AvgIpc) is 3.47. The topological polar surface area (TPSA) is 175 Å². The molecule has 0 radical (unpaired) electrons. The molecule has 3 aromatic heterocycles. The van der Waals surface area contributed by atoms with E-state index in [0.29, 0.717) is 42.0 Å². The van der Waals surface area contributed by atoms with Crippen molar-refractivity contribution < 1.29 is 18.3 Å². The lowest BCUT2D eigenvalue weighted by atomic mass is 10.2. The van der Waals surface area contributed by atoms with Gasteiger partial charge in [0.25, 0.3) is 0 Å². The molecule has 0 aliphatic rings. The van der Waals surface area contributed by atoms with Crippen LogP contribution in [0.5, 0.6) is 0 Å². The number of aromatic amines is 1. The Balaban J connectivity index is 1.51. The van der Waals surface area contributed by atoms with Gasteiger partial charge in [0.2, 0.25) is 5.95 Å². The Morgan fingerprint density at radius 2 is 1.83 bits per heavy atom. The molecule has 4 aromatic rings. The Morgan fingerprint density at radius 1 is 1.11 bits per heavy atom. The summed E-state index contributed by atoms with van der Waals surface area (Å²) < 4.78 is 23.4. The van der Waals surface area contributed by atoms with Crippen LogP contribution in [0.4, 0.5) is 22.7 Å². The largest absolute Gasteiger partial charge is 0.477 e. The molecule has 0 fully saturated rings. The van der Waals surface area contributed by atoms with Crippen molar-refractivity contribution >= 4 is 49.9 Å². The van der Waals surface area contributed by atoms with Crippen molar-refractivity contribution in [3.05, 3.63) is 64.7 Å². The lowest BCUT2D eigenvalue weighted by Crippen LogP contribution is -2.10. The molecule has 4 rings (SSSR count). The summed E-state index contributed by atoms with van der Waals surface area (Å²) in [4.78, 5) is 32.0. The Kier molecular flexibility index (Phi) is 7.45. The van der Waals surface area contributed by atoms with Crippen LogP contribution in [0.3, 0.4) is 0 Å². The van der Waals surface area contributed by atoms with Crippen molar-refractivity contribution in [2.45, 2.75) is 24.8 Å². The van der Waals surface area contributed by atoms with E-state index < -0.39 is 15.8 Å². The van der Waals surface area contributed by atoms with Crippen LogP contribution in [0.1, 0.15) is 26.6 Å². The van der Waals surface area contributed by atoms with Crippen LogP contribution in [0.2, 0.25) is 0 Å². The number of hydrogen-bond acceptors (Lipinski definition) is 11. The van der Waals surface area contributed by atoms with Crippen LogP contribution in [-0.4, -0.2) is 57.2 Å². The predicted molar refractivity (Wildman–Crippen MR) is 137 cm³/mol. The number of imidazole rings is 1. The van der Waals surface area contributed by atoms with E-state index >= 15 is 0 Å². The molecule has 0 spiro atoms. The van der Waals surface area contributed by atoms with Crippen LogP contribution in [0, 0.1) is 6.92 Å². The minimum absolute atomic E-state index is 0.141. The summed E-state index contributed by atoms with van der Waals surface area (Å²) in [6.45, 7) is 2.61. The summed E-state index contributed by atoms with van der Waals surface area (Å²) in [5.74, 6) is 0.253. The molecule has 36 heavy (non-hydrogen) atoms. The summed E-state index contributed by atoms with van der Waals surface area (Å²) >= 11 is 1.00. The highest BCUT2D eigenvalue weighted by atomic mass is 32.2. The number of rotatable bonds is 11. The summed E-state index contributed by atoms with van der Waals surface area (Å²) in [5.41, 5.74) is 2.25. The van der Waals surface area contributed by atoms with Gasteiger partial charge in [-0.25, -0.2) is 23.2 Å². The molecule has 0 unspecified atom stereocenters. The number of anilines is 4. The van der Waals surface area contributed by atoms with Gasteiger partial charge in [0, 0.05) is 43.7 Å². The minimum Gasteiger partial charge on any atom is -0.477 e. The normalized spacial score (nSPS) is 11.3. The number of thiazole rings is 1. The first kappa shape index (κ1) is 25.1. The highest BCUT2D eigenvalue weighted by Crippen LogP contribution is 2.26. The van der Waals surface area contributed by atoms with Gasteiger partial charge in [-0.2, -0.15) is 9.97 Å². The highest BCUT2D eigenvalue weighted by Gasteiger charge is 2.15. The third-order valence-electron chi connectivity index (χ3n) is 5.02. The predicted octanol–water partition coefficient (Wildman–Crippen LogP) is 3.08. The van der Waals surface area contributed by atoms with E-state index in [1.807, 2.05) is 0 Å². The zero-order valence-electron chi connectivity index (χ0n) is 19.4. The van der Waals surface area contributed by atoms with Crippen molar-refractivity contribution in [1.29, 1.82) is 0 Å². The fourth-order valence-electron chi connectivity index (χ4n) is 3.22. The summed E-state index contributed by atoms with van der Waals surface area (Å²) in [5, 5.41) is 19.1. The molecule has 188 valence electrons. The molecule has 0 bridgehead atoms.